The van der Waals surface area contributed by atoms with Gasteiger partial charge in [0.25, 0.3) is 0 Å². The molecule has 0 unspecified atom stereocenters. The number of carbonyl (C=O) groups is 1. The van der Waals surface area contributed by atoms with Crippen LogP contribution in [0, 0.1) is 0 Å². The zero-order chi connectivity index (χ0) is 25.9. The first-order chi connectivity index (χ1) is 18.6. The number of aryl methyl sites for hydroxylation is 2. The first-order valence-electron chi connectivity index (χ1n) is 12.4. The van der Waals surface area contributed by atoms with Gasteiger partial charge in [0.15, 0.2) is 5.82 Å². The number of anilines is 6. The molecule has 1 fully saturated rings. The molecular formula is C27H26ClN9O. The second kappa shape index (κ2) is 10.5. The number of hydrogen-bond acceptors (Lipinski definition) is 8. The monoisotopic (exact) mass is 527 g/mol. The normalized spacial score (nSPS) is 14.8. The molecule has 2 aliphatic heterocycles. The summed E-state index contributed by atoms with van der Waals surface area (Å²) in [5.74, 6) is 0.908. The Morgan fingerprint density at radius 2 is 1.74 bits per heavy atom. The quantitative estimate of drug-likeness (QED) is 0.339. The molecule has 0 atom stereocenters. The van der Waals surface area contributed by atoms with Gasteiger partial charge in [-0.05, 0) is 60.4 Å². The summed E-state index contributed by atoms with van der Waals surface area (Å²) in [7, 11) is 0. The lowest BCUT2D eigenvalue weighted by atomic mass is 10.0. The van der Waals surface area contributed by atoms with Crippen molar-refractivity contribution in [2.24, 2.45) is 0 Å². The fraction of sp³-hybridized carbons (Fsp3) is 0.222. The maximum atomic E-state index is 13.2. The van der Waals surface area contributed by atoms with Gasteiger partial charge in [-0.25, -0.2) is 9.78 Å². The molecule has 38 heavy (non-hydrogen) atoms. The van der Waals surface area contributed by atoms with Crippen molar-refractivity contribution in [1.82, 2.24) is 24.8 Å². The van der Waals surface area contributed by atoms with E-state index in [4.69, 9.17) is 11.6 Å². The Bertz CT molecular complexity index is 1460. The maximum Gasteiger partial charge on any atom is 0.321 e. The molecule has 0 aliphatic carbocycles. The van der Waals surface area contributed by atoms with Gasteiger partial charge in [-0.3, -0.25) is 9.97 Å². The van der Waals surface area contributed by atoms with Crippen molar-refractivity contribution in [1.29, 1.82) is 0 Å². The second-order valence-corrected chi connectivity index (χ2v) is 9.61. The Morgan fingerprint density at radius 3 is 2.58 bits per heavy atom. The number of aromatic nitrogens is 4. The highest BCUT2D eigenvalue weighted by molar-refractivity contribution is 6.32. The van der Waals surface area contributed by atoms with Crippen LogP contribution in [-0.2, 0) is 12.8 Å². The third-order valence-corrected chi connectivity index (χ3v) is 6.96. The van der Waals surface area contributed by atoms with Crippen LogP contribution >= 0.6 is 11.6 Å². The summed E-state index contributed by atoms with van der Waals surface area (Å²) in [6.45, 7) is 2.82. The van der Waals surface area contributed by atoms with Crippen LogP contribution in [0.4, 0.5) is 39.3 Å². The van der Waals surface area contributed by atoms with E-state index in [2.05, 4.69) is 40.8 Å². The van der Waals surface area contributed by atoms with E-state index in [1.165, 1.54) is 0 Å². The summed E-state index contributed by atoms with van der Waals surface area (Å²) in [4.78, 5) is 34.6. The van der Waals surface area contributed by atoms with E-state index >= 15 is 0 Å². The summed E-state index contributed by atoms with van der Waals surface area (Å²) >= 11 is 6.37. The molecule has 3 aromatic heterocycles. The van der Waals surface area contributed by atoms with Crippen molar-refractivity contribution < 1.29 is 4.79 Å². The first-order valence-corrected chi connectivity index (χ1v) is 12.8. The predicted octanol–water partition coefficient (Wildman–Crippen LogP) is 4.86. The smallest absolute Gasteiger partial charge is 0.321 e. The fourth-order valence-electron chi connectivity index (χ4n) is 4.67. The van der Waals surface area contributed by atoms with Crippen LogP contribution in [0.15, 0.2) is 67.4 Å². The fourth-order valence-corrected chi connectivity index (χ4v) is 4.81. The van der Waals surface area contributed by atoms with Crippen LogP contribution in [0.2, 0.25) is 5.02 Å². The molecule has 2 amide bonds. The average molecular weight is 528 g/mol. The van der Waals surface area contributed by atoms with Crippen LogP contribution in [0.5, 0.6) is 0 Å². The highest BCUT2D eigenvalue weighted by Gasteiger charge is 2.22. The number of nitrogens with one attached hydrogen (secondary N) is 3. The Balaban J connectivity index is 1.22. The largest absolute Gasteiger partial charge is 0.368 e. The molecule has 192 valence electrons. The number of piperazine rings is 1. The minimum atomic E-state index is -0.101. The molecule has 11 heteroatoms. The van der Waals surface area contributed by atoms with Crippen molar-refractivity contribution in [2.45, 2.75) is 12.8 Å². The zero-order valence-corrected chi connectivity index (χ0v) is 21.3. The Morgan fingerprint density at radius 1 is 0.895 bits per heavy atom. The van der Waals surface area contributed by atoms with E-state index in [0.29, 0.717) is 36.3 Å². The van der Waals surface area contributed by atoms with Crippen LogP contribution in [0.3, 0.4) is 0 Å². The van der Waals surface area contributed by atoms with Crippen molar-refractivity contribution in [3.63, 3.8) is 0 Å². The van der Waals surface area contributed by atoms with Gasteiger partial charge < -0.3 is 25.8 Å². The number of rotatable bonds is 2. The number of hydrogen-bond donors (Lipinski definition) is 3. The molecule has 5 heterocycles. The number of halogens is 1. The molecule has 0 spiro atoms. The minimum absolute atomic E-state index is 0.101. The van der Waals surface area contributed by atoms with Crippen LogP contribution in [-0.4, -0.2) is 57.0 Å². The van der Waals surface area contributed by atoms with Crippen molar-refractivity contribution in [3.05, 3.63) is 83.5 Å². The molecule has 2 aliphatic rings. The highest BCUT2D eigenvalue weighted by Crippen LogP contribution is 2.29. The Labute approximate surface area is 225 Å². The Kier molecular flexibility index (Phi) is 6.62. The summed E-state index contributed by atoms with van der Waals surface area (Å²) in [5, 5.41) is 10.0. The van der Waals surface area contributed by atoms with Crippen LogP contribution in [0.25, 0.3) is 0 Å². The number of urea groups is 1. The lowest BCUT2D eigenvalue weighted by Gasteiger charge is -2.36. The van der Waals surface area contributed by atoms with E-state index in [-0.39, 0.29) is 6.03 Å². The molecule has 3 N–H and O–H groups in total. The second-order valence-electron chi connectivity index (χ2n) is 9.20. The third kappa shape index (κ3) is 5.30. The van der Waals surface area contributed by atoms with Gasteiger partial charge in [-0.15, -0.1) is 0 Å². The molecule has 10 nitrogen and oxygen atoms in total. The van der Waals surface area contributed by atoms with E-state index < -0.39 is 0 Å². The molecule has 0 radical (unpaired) electrons. The number of pyridine rings is 2. The molecule has 0 saturated carbocycles. The SMILES string of the molecule is O=C(Nc1ccc2cc1CCc1cncc(c1)Nc1ncc(Cl)c(n1)N2)N1CCN(c2ccncc2)CC1. The minimum Gasteiger partial charge on any atom is -0.368 e. The zero-order valence-electron chi connectivity index (χ0n) is 20.6. The lowest BCUT2D eigenvalue weighted by Crippen LogP contribution is -2.50. The summed E-state index contributed by atoms with van der Waals surface area (Å²) < 4.78 is 0. The molecule has 4 aromatic rings. The van der Waals surface area contributed by atoms with E-state index in [9.17, 15) is 4.79 Å². The standard InChI is InChI=1S/C27H26ClN9O/c28-23-17-31-26-33-21-13-18(15-30-16-21)1-2-19-14-20(32-25(23)35-26)3-4-24(19)34-27(38)37-11-9-36(10-12-37)22-5-7-29-8-6-22/h3-8,13-17H,1-2,9-12H2,(H,34,38)(H2,31,32,33,35). The Hall–Kier alpha value is -4.44. The number of nitrogens with zero attached hydrogens (tertiary/aromatic N) is 6. The van der Waals surface area contributed by atoms with Crippen molar-refractivity contribution >= 4 is 52.1 Å². The molecule has 1 saturated heterocycles. The lowest BCUT2D eigenvalue weighted by molar-refractivity contribution is 0.208. The van der Waals surface area contributed by atoms with Crippen molar-refractivity contribution in [2.75, 3.05) is 47.0 Å². The van der Waals surface area contributed by atoms with Crippen LogP contribution < -0.4 is 20.9 Å². The van der Waals surface area contributed by atoms with E-state index in [0.717, 1.165) is 53.4 Å². The van der Waals surface area contributed by atoms with Crippen molar-refractivity contribution in [3.8, 4) is 0 Å². The average Bonchev–Trinajstić information content (AvgIpc) is 2.95. The topological polar surface area (TPSA) is 111 Å². The number of fused-ring (bicyclic) bond motifs is 6. The van der Waals surface area contributed by atoms with Gasteiger partial charge in [0.05, 0.1) is 18.1 Å². The first kappa shape index (κ1) is 23.9. The highest BCUT2D eigenvalue weighted by atomic mass is 35.5. The maximum absolute atomic E-state index is 13.2. The summed E-state index contributed by atoms with van der Waals surface area (Å²) in [6, 6.07) is 11.8. The van der Waals surface area contributed by atoms with E-state index in [1.54, 1.807) is 24.8 Å². The molecule has 1 aromatic carbocycles. The van der Waals surface area contributed by atoms with Gasteiger partial charge in [0.1, 0.15) is 5.02 Å². The van der Waals surface area contributed by atoms with Gasteiger partial charge in [-0.2, -0.15) is 4.98 Å². The number of carbonyl (C=O) groups excluding carboxylic acids is 1. The third-order valence-electron chi connectivity index (χ3n) is 6.68. The number of amides is 2. The van der Waals surface area contributed by atoms with Gasteiger partial charge in [0, 0.05) is 61.8 Å². The molecular weight excluding hydrogens is 502 g/mol. The van der Waals surface area contributed by atoms with E-state index in [1.807, 2.05) is 47.5 Å². The predicted molar refractivity (Wildman–Crippen MR) is 149 cm³/mol. The van der Waals surface area contributed by atoms with Crippen LogP contribution in [0.1, 0.15) is 11.1 Å². The summed E-state index contributed by atoms with van der Waals surface area (Å²) in [5.41, 5.74) is 5.58. The summed E-state index contributed by atoms with van der Waals surface area (Å²) in [6.07, 6.45) is 10.2. The number of benzene rings is 1. The van der Waals surface area contributed by atoms with Gasteiger partial charge in [-0.1, -0.05) is 11.6 Å². The molecule has 6 bridgehead atoms. The molecule has 6 rings (SSSR count). The van der Waals surface area contributed by atoms with Gasteiger partial charge >= 0.3 is 6.03 Å². The van der Waals surface area contributed by atoms with Gasteiger partial charge in [0.2, 0.25) is 5.95 Å².